The average molecular weight is 327 g/mol. The molecule has 0 saturated carbocycles. The van der Waals surface area contributed by atoms with Crippen LogP contribution in [0.15, 0.2) is 0 Å². The molecule has 0 atom stereocenters. The maximum atomic E-state index is 12.0. The molecule has 2 fully saturated rings. The SMILES string of the molecule is CN1CCN(C(=O)CCC(=O)OCCCN2CCOCC2)CC1. The van der Waals surface area contributed by atoms with Gasteiger partial charge < -0.3 is 19.3 Å². The molecule has 0 aliphatic carbocycles. The van der Waals surface area contributed by atoms with Gasteiger partial charge in [-0.05, 0) is 13.5 Å². The maximum Gasteiger partial charge on any atom is 0.306 e. The predicted octanol–water partition coefficient (Wildman–Crippen LogP) is -0.194. The maximum absolute atomic E-state index is 12.0. The van der Waals surface area contributed by atoms with Crippen LogP contribution in [0.2, 0.25) is 0 Å². The summed E-state index contributed by atoms with van der Waals surface area (Å²) < 4.78 is 10.5. The molecule has 132 valence electrons. The molecule has 0 radical (unpaired) electrons. The number of morpholine rings is 1. The predicted molar refractivity (Wildman–Crippen MR) is 86.1 cm³/mol. The third-order valence-electron chi connectivity index (χ3n) is 4.38. The number of hydrogen-bond donors (Lipinski definition) is 0. The monoisotopic (exact) mass is 327 g/mol. The van der Waals surface area contributed by atoms with Crippen molar-refractivity contribution in [1.82, 2.24) is 14.7 Å². The van der Waals surface area contributed by atoms with Gasteiger partial charge in [0.05, 0.1) is 26.2 Å². The van der Waals surface area contributed by atoms with Crippen molar-refractivity contribution in [2.45, 2.75) is 19.3 Å². The molecule has 1 amide bonds. The van der Waals surface area contributed by atoms with Gasteiger partial charge in [-0.1, -0.05) is 0 Å². The minimum absolute atomic E-state index is 0.0587. The summed E-state index contributed by atoms with van der Waals surface area (Å²) in [7, 11) is 2.05. The minimum atomic E-state index is -0.269. The van der Waals surface area contributed by atoms with Gasteiger partial charge in [0.15, 0.2) is 0 Å². The molecule has 2 aliphatic heterocycles. The Bertz CT molecular complexity index is 378. The Balaban J connectivity index is 1.50. The number of carbonyl (C=O) groups is 2. The number of rotatable bonds is 7. The smallest absolute Gasteiger partial charge is 0.306 e. The lowest BCUT2D eigenvalue weighted by Gasteiger charge is -2.32. The molecule has 23 heavy (non-hydrogen) atoms. The Morgan fingerprint density at radius 2 is 1.70 bits per heavy atom. The zero-order valence-electron chi connectivity index (χ0n) is 14.2. The number of likely N-dealkylation sites (N-methyl/N-ethyl adjacent to an activating group) is 1. The van der Waals surface area contributed by atoms with Gasteiger partial charge in [0.25, 0.3) is 0 Å². The topological polar surface area (TPSA) is 62.3 Å². The van der Waals surface area contributed by atoms with Crippen molar-refractivity contribution in [3.63, 3.8) is 0 Å². The lowest BCUT2D eigenvalue weighted by Crippen LogP contribution is -2.47. The van der Waals surface area contributed by atoms with Crippen LogP contribution >= 0.6 is 0 Å². The molecule has 0 aromatic carbocycles. The zero-order valence-corrected chi connectivity index (χ0v) is 14.2. The van der Waals surface area contributed by atoms with Crippen LogP contribution in [0.5, 0.6) is 0 Å². The molecule has 7 heteroatoms. The number of amides is 1. The van der Waals surface area contributed by atoms with Crippen LogP contribution in [0, 0.1) is 0 Å². The van der Waals surface area contributed by atoms with Gasteiger partial charge in [-0.15, -0.1) is 0 Å². The third kappa shape index (κ3) is 6.85. The highest BCUT2D eigenvalue weighted by molar-refractivity contribution is 5.81. The summed E-state index contributed by atoms with van der Waals surface area (Å²) in [6.45, 7) is 8.14. The number of carbonyl (C=O) groups excluding carboxylic acids is 2. The Hall–Kier alpha value is -1.18. The average Bonchev–Trinajstić information content (AvgIpc) is 2.58. The van der Waals surface area contributed by atoms with E-state index in [0.29, 0.717) is 6.61 Å². The summed E-state index contributed by atoms with van der Waals surface area (Å²) in [5.41, 5.74) is 0. The fourth-order valence-corrected chi connectivity index (χ4v) is 2.79. The molecular weight excluding hydrogens is 298 g/mol. The molecular formula is C16H29N3O4. The molecule has 0 bridgehead atoms. The number of nitrogens with zero attached hydrogens (tertiary/aromatic N) is 3. The van der Waals surface area contributed by atoms with E-state index < -0.39 is 0 Å². The van der Waals surface area contributed by atoms with Gasteiger partial charge in [0, 0.05) is 52.2 Å². The van der Waals surface area contributed by atoms with E-state index in [2.05, 4.69) is 16.8 Å². The Kier molecular flexibility index (Phi) is 7.78. The summed E-state index contributed by atoms with van der Waals surface area (Å²) in [4.78, 5) is 30.1. The first kappa shape index (κ1) is 18.2. The number of ether oxygens (including phenoxy) is 2. The van der Waals surface area contributed by atoms with Crippen molar-refractivity contribution in [3.05, 3.63) is 0 Å². The van der Waals surface area contributed by atoms with E-state index >= 15 is 0 Å². The van der Waals surface area contributed by atoms with Crippen LogP contribution in [0.1, 0.15) is 19.3 Å². The lowest BCUT2D eigenvalue weighted by atomic mass is 10.2. The van der Waals surface area contributed by atoms with Crippen molar-refractivity contribution in [1.29, 1.82) is 0 Å². The second-order valence-corrected chi connectivity index (χ2v) is 6.21. The first-order valence-corrected chi connectivity index (χ1v) is 8.57. The van der Waals surface area contributed by atoms with Gasteiger partial charge >= 0.3 is 5.97 Å². The second-order valence-electron chi connectivity index (χ2n) is 6.21. The van der Waals surface area contributed by atoms with Gasteiger partial charge in [-0.25, -0.2) is 0 Å². The van der Waals surface area contributed by atoms with E-state index in [0.717, 1.165) is 65.4 Å². The molecule has 0 aromatic rings. The fourth-order valence-electron chi connectivity index (χ4n) is 2.79. The highest BCUT2D eigenvalue weighted by Gasteiger charge is 2.19. The van der Waals surface area contributed by atoms with Gasteiger partial charge in [0.1, 0.15) is 0 Å². The molecule has 7 nitrogen and oxygen atoms in total. The van der Waals surface area contributed by atoms with Crippen LogP contribution in [0.3, 0.4) is 0 Å². The number of piperazine rings is 1. The van der Waals surface area contributed by atoms with E-state index in [1.54, 1.807) is 0 Å². The Labute approximate surface area is 138 Å². The molecule has 0 spiro atoms. The number of hydrogen-bond acceptors (Lipinski definition) is 6. The molecule has 2 aliphatic rings. The molecule has 2 saturated heterocycles. The highest BCUT2D eigenvalue weighted by atomic mass is 16.5. The fraction of sp³-hybridized carbons (Fsp3) is 0.875. The van der Waals surface area contributed by atoms with Crippen molar-refractivity contribution >= 4 is 11.9 Å². The van der Waals surface area contributed by atoms with E-state index in [9.17, 15) is 9.59 Å². The van der Waals surface area contributed by atoms with E-state index in [1.165, 1.54) is 0 Å². The minimum Gasteiger partial charge on any atom is -0.466 e. The standard InChI is InChI=1S/C16H29N3O4/c1-17-6-8-19(9-7-17)15(20)3-4-16(21)23-12-2-5-18-10-13-22-14-11-18/h2-14H2,1H3. The summed E-state index contributed by atoms with van der Waals surface area (Å²) in [5, 5.41) is 0. The van der Waals surface area contributed by atoms with Crippen LogP contribution in [-0.4, -0.2) is 99.3 Å². The second kappa shape index (κ2) is 9.85. The first-order valence-electron chi connectivity index (χ1n) is 8.57. The summed E-state index contributed by atoms with van der Waals surface area (Å²) >= 11 is 0. The third-order valence-corrected chi connectivity index (χ3v) is 4.38. The molecule has 0 unspecified atom stereocenters. The molecule has 2 rings (SSSR count). The van der Waals surface area contributed by atoms with Crippen molar-refractivity contribution in [3.8, 4) is 0 Å². The lowest BCUT2D eigenvalue weighted by molar-refractivity contribution is -0.146. The summed E-state index contributed by atoms with van der Waals surface area (Å²) in [6, 6.07) is 0. The van der Waals surface area contributed by atoms with E-state index in [1.807, 2.05) is 4.90 Å². The molecule has 0 N–H and O–H groups in total. The first-order chi connectivity index (χ1) is 11.1. The van der Waals surface area contributed by atoms with Gasteiger partial charge in [-0.3, -0.25) is 14.5 Å². The molecule has 2 heterocycles. The van der Waals surface area contributed by atoms with Crippen LogP contribution < -0.4 is 0 Å². The van der Waals surface area contributed by atoms with Crippen molar-refractivity contribution in [2.24, 2.45) is 0 Å². The summed E-state index contributed by atoms with van der Waals surface area (Å²) in [5.74, 6) is -0.210. The Morgan fingerprint density at radius 3 is 2.39 bits per heavy atom. The van der Waals surface area contributed by atoms with E-state index in [-0.39, 0.29) is 24.7 Å². The largest absolute Gasteiger partial charge is 0.466 e. The van der Waals surface area contributed by atoms with E-state index in [4.69, 9.17) is 9.47 Å². The van der Waals surface area contributed by atoms with Crippen molar-refractivity contribution < 1.29 is 19.1 Å². The normalized spacial score (nSPS) is 20.5. The van der Waals surface area contributed by atoms with Gasteiger partial charge in [-0.2, -0.15) is 0 Å². The highest BCUT2D eigenvalue weighted by Crippen LogP contribution is 2.05. The van der Waals surface area contributed by atoms with Crippen LogP contribution in [0.4, 0.5) is 0 Å². The summed E-state index contributed by atoms with van der Waals surface area (Å²) in [6.07, 6.45) is 1.27. The van der Waals surface area contributed by atoms with Gasteiger partial charge in [0.2, 0.25) is 5.91 Å². The quantitative estimate of drug-likeness (QED) is 0.477. The molecule has 0 aromatic heterocycles. The van der Waals surface area contributed by atoms with Crippen molar-refractivity contribution in [2.75, 3.05) is 72.7 Å². The Morgan fingerprint density at radius 1 is 1.00 bits per heavy atom. The number of esters is 1. The van der Waals surface area contributed by atoms with Crippen LogP contribution in [-0.2, 0) is 19.1 Å². The van der Waals surface area contributed by atoms with Crippen LogP contribution in [0.25, 0.3) is 0 Å². The zero-order chi connectivity index (χ0) is 16.5.